The Kier molecular flexibility index (Phi) is 5.31. The van der Waals surface area contributed by atoms with Crippen molar-refractivity contribution in [3.8, 4) is 0 Å². The van der Waals surface area contributed by atoms with Gasteiger partial charge >= 0.3 is 0 Å². The van der Waals surface area contributed by atoms with Crippen LogP contribution in [0.25, 0.3) is 0 Å². The first-order chi connectivity index (χ1) is 6.83. The topological polar surface area (TPSA) is 12.0 Å². The van der Waals surface area contributed by atoms with Gasteiger partial charge in [0.05, 0.1) is 0 Å². The average molecular weight is 191 g/mol. The Morgan fingerprint density at radius 2 is 1.93 bits per heavy atom. The van der Waals surface area contributed by atoms with E-state index in [2.05, 4.69) is 49.5 Å². The van der Waals surface area contributed by atoms with E-state index >= 15 is 0 Å². The highest BCUT2D eigenvalue weighted by atomic mass is 14.9. The lowest BCUT2D eigenvalue weighted by atomic mass is 10.1. The number of unbranched alkanes of at least 4 members (excludes halogenated alkanes) is 1. The number of hydrogen-bond acceptors (Lipinski definition) is 1. The third kappa shape index (κ3) is 4.43. The molecule has 1 N–H and O–H groups in total. The predicted molar refractivity (Wildman–Crippen MR) is 62.5 cm³/mol. The van der Waals surface area contributed by atoms with E-state index in [0.717, 1.165) is 13.0 Å². The molecule has 1 atom stereocenters. The number of nitrogens with one attached hydrogen (secondary N) is 1. The second-order valence-corrected chi connectivity index (χ2v) is 3.90. The molecular weight excluding hydrogens is 170 g/mol. The van der Waals surface area contributed by atoms with Crippen LogP contribution < -0.4 is 5.32 Å². The van der Waals surface area contributed by atoms with Gasteiger partial charge in [-0.25, -0.2) is 0 Å². The van der Waals surface area contributed by atoms with Gasteiger partial charge in [0, 0.05) is 6.04 Å². The van der Waals surface area contributed by atoms with Crippen LogP contribution >= 0.6 is 0 Å². The monoisotopic (exact) mass is 191 g/mol. The van der Waals surface area contributed by atoms with Crippen LogP contribution in [0.4, 0.5) is 0 Å². The summed E-state index contributed by atoms with van der Waals surface area (Å²) in [6.45, 7) is 5.62. The van der Waals surface area contributed by atoms with Gasteiger partial charge in [-0.15, -0.1) is 0 Å². The van der Waals surface area contributed by atoms with Crippen molar-refractivity contribution < 1.29 is 0 Å². The summed E-state index contributed by atoms with van der Waals surface area (Å²) >= 11 is 0. The summed E-state index contributed by atoms with van der Waals surface area (Å²) in [5.41, 5.74) is 1.42. The van der Waals surface area contributed by atoms with E-state index in [0.29, 0.717) is 6.04 Å². The molecule has 1 heteroatoms. The van der Waals surface area contributed by atoms with Crippen LogP contribution in [0.15, 0.2) is 30.3 Å². The molecule has 78 valence electrons. The summed E-state index contributed by atoms with van der Waals surface area (Å²) in [5.74, 6) is 0. The Labute approximate surface area is 87.5 Å². The molecule has 1 nitrogen and oxygen atoms in total. The third-order valence-corrected chi connectivity index (χ3v) is 2.41. The molecule has 0 aliphatic carbocycles. The maximum Gasteiger partial charge on any atom is 0.00791 e. The molecular formula is C13H21N. The van der Waals surface area contributed by atoms with E-state index in [4.69, 9.17) is 0 Å². The molecule has 0 fully saturated rings. The molecule has 0 bridgehead atoms. The van der Waals surface area contributed by atoms with E-state index in [1.807, 2.05) is 0 Å². The minimum absolute atomic E-state index is 0.587. The third-order valence-electron chi connectivity index (χ3n) is 2.41. The quantitative estimate of drug-likeness (QED) is 0.682. The first-order valence-corrected chi connectivity index (χ1v) is 5.60. The number of rotatable bonds is 6. The predicted octanol–water partition coefficient (Wildman–Crippen LogP) is 3.01. The first kappa shape index (κ1) is 11.3. The lowest BCUT2D eigenvalue weighted by Crippen LogP contribution is -2.28. The molecule has 1 rings (SSSR count). The molecule has 0 aliphatic rings. The van der Waals surface area contributed by atoms with Gasteiger partial charge in [0.15, 0.2) is 0 Å². The Morgan fingerprint density at radius 1 is 1.21 bits per heavy atom. The van der Waals surface area contributed by atoms with Crippen molar-refractivity contribution in [2.24, 2.45) is 0 Å². The first-order valence-electron chi connectivity index (χ1n) is 5.60. The van der Waals surface area contributed by atoms with E-state index in [1.165, 1.54) is 18.4 Å². The SMILES string of the molecule is CCCCN[C@H](C)Cc1ccccc1. The molecule has 0 saturated carbocycles. The molecule has 0 spiro atoms. The van der Waals surface area contributed by atoms with Crippen LogP contribution in [0.1, 0.15) is 32.3 Å². The maximum absolute atomic E-state index is 3.53. The van der Waals surface area contributed by atoms with Gasteiger partial charge in [-0.05, 0) is 31.9 Å². The van der Waals surface area contributed by atoms with Gasteiger partial charge in [-0.1, -0.05) is 43.7 Å². The Hall–Kier alpha value is -0.820. The molecule has 0 saturated heterocycles. The normalized spacial score (nSPS) is 12.7. The zero-order valence-corrected chi connectivity index (χ0v) is 9.29. The Balaban J connectivity index is 2.23. The van der Waals surface area contributed by atoms with Crippen LogP contribution in [0.2, 0.25) is 0 Å². The second-order valence-electron chi connectivity index (χ2n) is 3.90. The van der Waals surface area contributed by atoms with Crippen LogP contribution in [-0.2, 0) is 6.42 Å². The van der Waals surface area contributed by atoms with Gasteiger partial charge in [0.1, 0.15) is 0 Å². The fourth-order valence-electron chi connectivity index (χ4n) is 1.57. The summed E-state index contributed by atoms with van der Waals surface area (Å²) in [6, 6.07) is 11.3. The van der Waals surface area contributed by atoms with Gasteiger partial charge in [-0.3, -0.25) is 0 Å². The van der Waals surface area contributed by atoms with Crippen molar-refractivity contribution in [2.75, 3.05) is 6.54 Å². The fraction of sp³-hybridized carbons (Fsp3) is 0.538. The van der Waals surface area contributed by atoms with Gasteiger partial charge < -0.3 is 5.32 Å². The smallest absolute Gasteiger partial charge is 0.00791 e. The number of hydrogen-bond donors (Lipinski definition) is 1. The van der Waals surface area contributed by atoms with E-state index in [1.54, 1.807) is 0 Å². The van der Waals surface area contributed by atoms with Gasteiger partial charge in [-0.2, -0.15) is 0 Å². The van der Waals surface area contributed by atoms with Crippen LogP contribution in [0, 0.1) is 0 Å². The molecule has 0 aromatic heterocycles. The summed E-state index contributed by atoms with van der Waals surface area (Å²) in [5, 5.41) is 3.53. The molecule has 0 aliphatic heterocycles. The summed E-state index contributed by atoms with van der Waals surface area (Å²) in [6.07, 6.45) is 3.68. The minimum atomic E-state index is 0.587. The van der Waals surface area contributed by atoms with Crippen LogP contribution in [0.5, 0.6) is 0 Å². The molecule has 0 heterocycles. The Morgan fingerprint density at radius 3 is 2.57 bits per heavy atom. The highest BCUT2D eigenvalue weighted by Crippen LogP contribution is 2.02. The van der Waals surface area contributed by atoms with Crippen LogP contribution in [-0.4, -0.2) is 12.6 Å². The largest absolute Gasteiger partial charge is 0.314 e. The molecule has 0 amide bonds. The minimum Gasteiger partial charge on any atom is -0.314 e. The average Bonchev–Trinajstić information content (AvgIpc) is 2.20. The summed E-state index contributed by atoms with van der Waals surface area (Å²) in [4.78, 5) is 0. The van der Waals surface area contributed by atoms with Crippen molar-refractivity contribution in [1.29, 1.82) is 0 Å². The Bertz CT molecular complexity index is 230. The second kappa shape index (κ2) is 6.61. The van der Waals surface area contributed by atoms with E-state index in [-0.39, 0.29) is 0 Å². The highest BCUT2D eigenvalue weighted by Gasteiger charge is 2.00. The van der Waals surface area contributed by atoms with Crippen LogP contribution in [0.3, 0.4) is 0 Å². The zero-order chi connectivity index (χ0) is 10.2. The molecule has 0 unspecified atom stereocenters. The van der Waals surface area contributed by atoms with Gasteiger partial charge in [0.25, 0.3) is 0 Å². The molecule has 1 aromatic carbocycles. The van der Waals surface area contributed by atoms with E-state index < -0.39 is 0 Å². The number of benzene rings is 1. The van der Waals surface area contributed by atoms with Crippen molar-refractivity contribution in [2.45, 2.75) is 39.2 Å². The lowest BCUT2D eigenvalue weighted by molar-refractivity contribution is 0.531. The molecule has 0 radical (unpaired) electrons. The van der Waals surface area contributed by atoms with Crippen molar-refractivity contribution in [3.63, 3.8) is 0 Å². The lowest BCUT2D eigenvalue weighted by Gasteiger charge is -2.13. The van der Waals surface area contributed by atoms with E-state index in [9.17, 15) is 0 Å². The van der Waals surface area contributed by atoms with Gasteiger partial charge in [0.2, 0.25) is 0 Å². The highest BCUT2D eigenvalue weighted by molar-refractivity contribution is 5.15. The van der Waals surface area contributed by atoms with Crippen molar-refractivity contribution >= 4 is 0 Å². The summed E-state index contributed by atoms with van der Waals surface area (Å²) < 4.78 is 0. The standard InChI is InChI=1S/C13H21N/c1-3-4-10-14-12(2)11-13-8-6-5-7-9-13/h5-9,12,14H,3-4,10-11H2,1-2H3/t12-/m1/s1. The molecule has 14 heavy (non-hydrogen) atoms. The fourth-order valence-corrected chi connectivity index (χ4v) is 1.57. The van der Waals surface area contributed by atoms with Crippen molar-refractivity contribution in [1.82, 2.24) is 5.32 Å². The maximum atomic E-state index is 3.53. The molecule has 1 aromatic rings. The zero-order valence-electron chi connectivity index (χ0n) is 9.29. The van der Waals surface area contributed by atoms with Crippen molar-refractivity contribution in [3.05, 3.63) is 35.9 Å². The summed E-state index contributed by atoms with van der Waals surface area (Å²) in [7, 11) is 0.